The van der Waals surface area contributed by atoms with Crippen molar-refractivity contribution in [3.05, 3.63) is 0 Å². The summed E-state index contributed by atoms with van der Waals surface area (Å²) in [6.07, 6.45) is 4.02. The van der Waals surface area contributed by atoms with Gasteiger partial charge in [0.25, 0.3) is 0 Å². The van der Waals surface area contributed by atoms with Crippen molar-refractivity contribution < 1.29 is 22.1 Å². The first-order valence-electron chi connectivity index (χ1n) is 8.84. The van der Waals surface area contributed by atoms with Crippen LogP contribution in [0.4, 0.5) is 0 Å². The Morgan fingerprint density at radius 3 is 2.00 bits per heavy atom. The normalized spacial score (nSPS) is 22.1. The van der Waals surface area contributed by atoms with Gasteiger partial charge >= 0.3 is 10.4 Å². The predicted octanol–water partition coefficient (Wildman–Crippen LogP) is 3.48. The molecule has 1 fully saturated rings. The number of hydrogen-bond donors (Lipinski definition) is 2. The molecule has 0 aromatic carbocycles. The maximum absolute atomic E-state index is 10.6. The van der Waals surface area contributed by atoms with Gasteiger partial charge in [-0.05, 0) is 72.6 Å². The third kappa shape index (κ3) is 7.48. The highest BCUT2D eigenvalue weighted by atomic mass is 32.3. The van der Waals surface area contributed by atoms with Crippen LogP contribution < -0.4 is 5.48 Å². The third-order valence-corrected chi connectivity index (χ3v) is 4.96. The Kier molecular flexibility index (Phi) is 6.75. The highest BCUT2D eigenvalue weighted by Crippen LogP contribution is 2.41. The third-order valence-electron chi connectivity index (χ3n) is 4.63. The van der Waals surface area contributed by atoms with Gasteiger partial charge in [-0.15, -0.1) is 0 Å². The number of hydrogen-bond acceptors (Lipinski definition) is 6. The summed E-state index contributed by atoms with van der Waals surface area (Å²) >= 11 is 0. The second kappa shape index (κ2) is 7.40. The minimum absolute atomic E-state index is 0.0461. The monoisotopic (exact) mass is 380 g/mol. The summed E-state index contributed by atoms with van der Waals surface area (Å²) in [5, 5.41) is 2.14. The molecule has 0 amide bonds. The Bertz CT molecular complexity index is 539. The molecule has 7 nitrogen and oxygen atoms in total. The van der Waals surface area contributed by atoms with Gasteiger partial charge in [0, 0.05) is 17.6 Å². The van der Waals surface area contributed by atoms with Gasteiger partial charge in [0.15, 0.2) is 0 Å². The summed E-state index contributed by atoms with van der Waals surface area (Å²) in [7, 11) is -4.49. The fraction of sp³-hybridized carbons (Fsp3) is 1.00. The first-order chi connectivity index (χ1) is 11.0. The highest BCUT2D eigenvalue weighted by molar-refractivity contribution is 7.80. The van der Waals surface area contributed by atoms with Gasteiger partial charge in [-0.3, -0.25) is 9.39 Å². The average Bonchev–Trinajstić information content (AvgIpc) is 2.30. The maximum Gasteiger partial charge on any atom is 0.413 e. The number of hydroxylamine groups is 3. The second-order valence-electron chi connectivity index (χ2n) is 9.80. The molecule has 8 heteroatoms. The number of nitrogens with one attached hydrogen (secondary N) is 1. The topological polar surface area (TPSA) is 88.1 Å². The Morgan fingerprint density at radius 1 is 1.08 bits per heavy atom. The van der Waals surface area contributed by atoms with E-state index in [1.807, 2.05) is 27.7 Å². The molecule has 0 radical (unpaired) electrons. The summed E-state index contributed by atoms with van der Waals surface area (Å²) in [6.45, 7) is 17.1. The SMILES string of the molecule is CC(C)(CNOS(=O)(=O)O)CC(C)(C)ON1C(C)(C)CCCC1(C)C. The molecule has 0 saturated carbocycles. The molecular weight excluding hydrogens is 344 g/mol. The molecule has 1 rings (SSSR count). The fourth-order valence-electron chi connectivity index (χ4n) is 4.02. The van der Waals surface area contributed by atoms with Gasteiger partial charge < -0.3 is 0 Å². The van der Waals surface area contributed by atoms with Crippen molar-refractivity contribution in [3.63, 3.8) is 0 Å². The van der Waals surface area contributed by atoms with Crippen LogP contribution in [0.15, 0.2) is 0 Å². The molecule has 150 valence electrons. The predicted molar refractivity (Wildman–Crippen MR) is 98.0 cm³/mol. The zero-order chi connectivity index (χ0) is 19.7. The van der Waals surface area contributed by atoms with Crippen LogP contribution in [0.3, 0.4) is 0 Å². The van der Waals surface area contributed by atoms with E-state index in [2.05, 4.69) is 42.5 Å². The van der Waals surface area contributed by atoms with Gasteiger partial charge in [-0.1, -0.05) is 13.8 Å². The summed E-state index contributed by atoms with van der Waals surface area (Å²) in [4.78, 5) is 6.49. The van der Waals surface area contributed by atoms with E-state index >= 15 is 0 Å². The van der Waals surface area contributed by atoms with Crippen molar-refractivity contribution in [1.82, 2.24) is 10.5 Å². The molecule has 1 heterocycles. The molecule has 1 aliphatic heterocycles. The van der Waals surface area contributed by atoms with Gasteiger partial charge in [-0.25, -0.2) is 0 Å². The zero-order valence-corrected chi connectivity index (χ0v) is 17.8. The largest absolute Gasteiger partial charge is 0.413 e. The van der Waals surface area contributed by atoms with Gasteiger partial charge in [-0.2, -0.15) is 23.2 Å². The van der Waals surface area contributed by atoms with E-state index in [0.717, 1.165) is 12.8 Å². The van der Waals surface area contributed by atoms with E-state index in [0.29, 0.717) is 6.42 Å². The average molecular weight is 381 g/mol. The standard InChI is InChI=1S/C17H36N2O5S/c1-14(2,13-18-24-25(20,21)22)12-17(7,8)23-19-15(3,4)10-9-11-16(19,5)6/h18H,9-13H2,1-8H3,(H,20,21,22). The van der Waals surface area contributed by atoms with Crippen LogP contribution in [-0.2, 0) is 19.5 Å². The lowest BCUT2D eigenvalue weighted by Gasteiger charge is -2.54. The van der Waals surface area contributed by atoms with Crippen molar-refractivity contribution in [3.8, 4) is 0 Å². The van der Waals surface area contributed by atoms with E-state index in [9.17, 15) is 8.42 Å². The molecule has 0 unspecified atom stereocenters. The van der Waals surface area contributed by atoms with Crippen molar-refractivity contribution >= 4 is 10.4 Å². The van der Waals surface area contributed by atoms with Crippen molar-refractivity contribution in [2.24, 2.45) is 5.41 Å². The Morgan fingerprint density at radius 2 is 1.56 bits per heavy atom. The lowest BCUT2D eigenvalue weighted by Crippen LogP contribution is -2.61. The summed E-state index contributed by atoms with van der Waals surface area (Å²) in [5.41, 5.74) is 1.47. The summed E-state index contributed by atoms with van der Waals surface area (Å²) in [5.74, 6) is 0. The van der Waals surface area contributed by atoms with Crippen LogP contribution in [0.1, 0.15) is 81.1 Å². The Labute approximate surface area is 153 Å². The maximum atomic E-state index is 10.6. The van der Waals surface area contributed by atoms with E-state index in [1.165, 1.54) is 6.42 Å². The minimum atomic E-state index is -4.49. The van der Waals surface area contributed by atoms with E-state index in [4.69, 9.17) is 9.39 Å². The molecule has 2 N–H and O–H groups in total. The van der Waals surface area contributed by atoms with Crippen molar-refractivity contribution in [2.45, 2.75) is 97.8 Å². The van der Waals surface area contributed by atoms with Crippen LogP contribution in [0.5, 0.6) is 0 Å². The molecule has 1 saturated heterocycles. The molecule has 0 atom stereocenters. The van der Waals surface area contributed by atoms with Gasteiger partial charge in [0.2, 0.25) is 0 Å². The molecule has 0 bridgehead atoms. The number of rotatable bonds is 8. The quantitative estimate of drug-likeness (QED) is 0.492. The molecule has 1 aliphatic rings. The minimum Gasteiger partial charge on any atom is -0.292 e. The van der Waals surface area contributed by atoms with Crippen LogP contribution >= 0.6 is 0 Å². The van der Waals surface area contributed by atoms with Crippen molar-refractivity contribution in [2.75, 3.05) is 6.54 Å². The lowest BCUT2D eigenvalue weighted by atomic mass is 9.80. The Hall–Kier alpha value is -0.250. The zero-order valence-electron chi connectivity index (χ0n) is 17.0. The molecule has 0 spiro atoms. The fourth-order valence-corrected chi connectivity index (χ4v) is 4.22. The lowest BCUT2D eigenvalue weighted by molar-refractivity contribution is -0.333. The van der Waals surface area contributed by atoms with E-state index in [-0.39, 0.29) is 23.0 Å². The summed E-state index contributed by atoms with van der Waals surface area (Å²) in [6, 6.07) is 0. The molecule has 25 heavy (non-hydrogen) atoms. The van der Waals surface area contributed by atoms with Crippen molar-refractivity contribution in [1.29, 1.82) is 0 Å². The van der Waals surface area contributed by atoms with E-state index < -0.39 is 16.0 Å². The molecule has 0 aliphatic carbocycles. The number of nitrogens with zero attached hydrogens (tertiary/aromatic N) is 1. The highest BCUT2D eigenvalue weighted by Gasteiger charge is 2.45. The van der Waals surface area contributed by atoms with Crippen LogP contribution in [0.2, 0.25) is 0 Å². The first-order valence-corrected chi connectivity index (χ1v) is 10.2. The van der Waals surface area contributed by atoms with Crippen LogP contribution in [0, 0.1) is 5.41 Å². The molecule has 0 aromatic heterocycles. The van der Waals surface area contributed by atoms with E-state index in [1.54, 1.807) is 0 Å². The Balaban J connectivity index is 2.76. The number of piperidine rings is 1. The van der Waals surface area contributed by atoms with Crippen LogP contribution in [0.25, 0.3) is 0 Å². The van der Waals surface area contributed by atoms with Crippen LogP contribution in [-0.4, -0.2) is 41.3 Å². The summed E-state index contributed by atoms with van der Waals surface area (Å²) < 4.78 is 34.2. The molecular formula is C17H36N2O5S. The van der Waals surface area contributed by atoms with Gasteiger partial charge in [0.05, 0.1) is 5.60 Å². The first kappa shape index (κ1) is 22.8. The second-order valence-corrected chi connectivity index (χ2v) is 10.8. The van der Waals surface area contributed by atoms with Gasteiger partial charge in [0.1, 0.15) is 0 Å². The molecule has 0 aromatic rings. The smallest absolute Gasteiger partial charge is 0.292 e.